The highest BCUT2D eigenvalue weighted by Crippen LogP contribution is 2.27. The first-order valence-electron chi connectivity index (χ1n) is 10.8. The van der Waals surface area contributed by atoms with Crippen LogP contribution in [0.15, 0.2) is 41.2 Å². The number of rotatable bonds is 7. The van der Waals surface area contributed by atoms with Crippen molar-refractivity contribution in [2.45, 2.75) is 38.6 Å². The summed E-state index contributed by atoms with van der Waals surface area (Å²) in [5.74, 6) is -0.686. The van der Waals surface area contributed by atoms with Crippen molar-refractivity contribution >= 4 is 11.6 Å². The molecule has 2 N–H and O–H groups in total. The lowest BCUT2D eigenvalue weighted by Gasteiger charge is -2.22. The van der Waals surface area contributed by atoms with E-state index in [4.69, 9.17) is 9.47 Å². The van der Waals surface area contributed by atoms with Gasteiger partial charge in [-0.05, 0) is 30.9 Å². The quantitative estimate of drug-likeness (QED) is 0.586. The molecule has 1 amide bonds. The summed E-state index contributed by atoms with van der Waals surface area (Å²) in [6, 6.07) is 8.73. The molecule has 1 aliphatic heterocycles. The van der Waals surface area contributed by atoms with E-state index in [9.17, 15) is 14.0 Å². The van der Waals surface area contributed by atoms with Crippen LogP contribution in [0.1, 0.15) is 50.0 Å². The van der Waals surface area contributed by atoms with Crippen LogP contribution < -0.4 is 15.6 Å². The van der Waals surface area contributed by atoms with Crippen molar-refractivity contribution < 1.29 is 18.7 Å². The Labute approximate surface area is 184 Å². The molecule has 0 saturated carbocycles. The van der Waals surface area contributed by atoms with E-state index in [1.165, 1.54) is 22.7 Å². The number of ether oxygens (including phenoxy) is 2. The zero-order chi connectivity index (χ0) is 22.7. The van der Waals surface area contributed by atoms with Crippen molar-refractivity contribution in [1.82, 2.24) is 19.9 Å². The van der Waals surface area contributed by atoms with Crippen LogP contribution in [0, 0.1) is 11.7 Å². The normalized spacial score (nSPS) is 15.8. The number of halogens is 1. The number of nitrogens with one attached hydrogen (secondary N) is 2. The van der Waals surface area contributed by atoms with E-state index in [2.05, 4.69) is 15.4 Å². The minimum Gasteiger partial charge on any atom is -0.481 e. The zero-order valence-corrected chi connectivity index (χ0v) is 18.1. The molecular weight excluding hydrogens is 415 g/mol. The SMILES string of the molecule is CC(C)C(NC(=O)COc1ccccc1F)c1cc(=O)n2[nH]c(C3CCOCC3)cc2n1. The van der Waals surface area contributed by atoms with E-state index in [0.29, 0.717) is 30.5 Å². The fraction of sp³-hybridized carbons (Fsp3) is 0.435. The third kappa shape index (κ3) is 4.83. The smallest absolute Gasteiger partial charge is 0.272 e. The molecule has 0 aliphatic carbocycles. The summed E-state index contributed by atoms with van der Waals surface area (Å²) in [5.41, 5.74) is 1.70. The van der Waals surface area contributed by atoms with Crippen LogP contribution in [0.4, 0.5) is 4.39 Å². The molecule has 170 valence electrons. The standard InChI is InChI=1S/C23H27FN4O4/c1-14(2)23(26-21(29)13-32-19-6-4-3-5-16(19)24)18-12-22(30)28-20(25-18)11-17(27-28)15-7-9-31-10-8-15/h3-6,11-12,14-15,23,27H,7-10,13H2,1-2H3,(H,26,29). The molecule has 1 unspecified atom stereocenters. The molecule has 0 radical (unpaired) electrons. The predicted octanol–water partition coefficient (Wildman–Crippen LogP) is 2.95. The van der Waals surface area contributed by atoms with Gasteiger partial charge in [-0.2, -0.15) is 0 Å². The third-order valence-electron chi connectivity index (χ3n) is 5.65. The lowest BCUT2D eigenvalue weighted by atomic mass is 9.97. The van der Waals surface area contributed by atoms with Gasteiger partial charge in [-0.25, -0.2) is 13.9 Å². The number of para-hydroxylation sites is 1. The molecule has 4 rings (SSSR count). The Morgan fingerprint density at radius 1 is 1.31 bits per heavy atom. The van der Waals surface area contributed by atoms with E-state index in [1.54, 1.807) is 12.1 Å². The molecule has 3 aromatic rings. The van der Waals surface area contributed by atoms with Gasteiger partial charge in [0.1, 0.15) is 0 Å². The maximum absolute atomic E-state index is 13.7. The Hall–Kier alpha value is -3.20. The number of fused-ring (bicyclic) bond motifs is 1. The fourth-order valence-electron chi connectivity index (χ4n) is 3.91. The highest BCUT2D eigenvalue weighted by atomic mass is 19.1. The highest BCUT2D eigenvalue weighted by molar-refractivity contribution is 5.78. The molecule has 2 aromatic heterocycles. The van der Waals surface area contributed by atoms with Gasteiger partial charge in [-0.3, -0.25) is 14.7 Å². The van der Waals surface area contributed by atoms with Gasteiger partial charge in [-0.15, -0.1) is 0 Å². The number of amides is 1. The van der Waals surface area contributed by atoms with E-state index in [1.807, 2.05) is 19.9 Å². The first-order chi connectivity index (χ1) is 15.4. The minimum atomic E-state index is -0.534. The predicted molar refractivity (Wildman–Crippen MR) is 116 cm³/mol. The summed E-state index contributed by atoms with van der Waals surface area (Å²) >= 11 is 0. The van der Waals surface area contributed by atoms with Gasteiger partial charge in [0, 0.05) is 37.0 Å². The summed E-state index contributed by atoms with van der Waals surface area (Å²) < 4.78 is 25.8. The molecule has 1 aliphatic rings. The summed E-state index contributed by atoms with van der Waals surface area (Å²) in [7, 11) is 0. The monoisotopic (exact) mass is 442 g/mol. The largest absolute Gasteiger partial charge is 0.481 e. The molecule has 9 heteroatoms. The summed E-state index contributed by atoms with van der Waals surface area (Å²) in [5, 5.41) is 6.02. The number of hydrogen-bond donors (Lipinski definition) is 2. The molecule has 1 atom stereocenters. The van der Waals surface area contributed by atoms with E-state index in [0.717, 1.165) is 18.5 Å². The van der Waals surface area contributed by atoms with Crippen molar-refractivity contribution in [2.75, 3.05) is 19.8 Å². The first kappa shape index (κ1) is 22.0. The van der Waals surface area contributed by atoms with Crippen LogP contribution in [0.2, 0.25) is 0 Å². The number of carbonyl (C=O) groups is 1. The second kappa shape index (κ2) is 9.52. The van der Waals surface area contributed by atoms with Crippen molar-refractivity contribution in [3.05, 3.63) is 64.0 Å². The van der Waals surface area contributed by atoms with Gasteiger partial charge in [0.25, 0.3) is 11.5 Å². The lowest BCUT2D eigenvalue weighted by molar-refractivity contribution is -0.124. The lowest BCUT2D eigenvalue weighted by Crippen LogP contribution is -2.36. The van der Waals surface area contributed by atoms with E-state index < -0.39 is 17.8 Å². The first-order valence-corrected chi connectivity index (χ1v) is 10.8. The van der Waals surface area contributed by atoms with Crippen molar-refractivity contribution in [3.8, 4) is 5.75 Å². The maximum atomic E-state index is 13.7. The molecule has 0 spiro atoms. The summed E-state index contributed by atoms with van der Waals surface area (Å²) in [4.78, 5) is 29.9. The van der Waals surface area contributed by atoms with Crippen LogP contribution in [0.5, 0.6) is 5.75 Å². The molecule has 1 aromatic carbocycles. The number of aromatic amines is 1. The Bertz CT molecular complexity index is 1150. The molecule has 1 saturated heterocycles. The van der Waals surface area contributed by atoms with Gasteiger partial charge in [-0.1, -0.05) is 26.0 Å². The number of carbonyl (C=O) groups excluding carboxylic acids is 1. The Kier molecular flexibility index (Phi) is 6.55. The van der Waals surface area contributed by atoms with Gasteiger partial charge in [0.15, 0.2) is 23.8 Å². The maximum Gasteiger partial charge on any atom is 0.272 e. The van der Waals surface area contributed by atoms with Crippen molar-refractivity contribution in [3.63, 3.8) is 0 Å². The number of nitrogens with zero attached hydrogens (tertiary/aromatic N) is 2. The summed E-state index contributed by atoms with van der Waals surface area (Å²) in [6.45, 7) is 4.91. The van der Waals surface area contributed by atoms with Crippen LogP contribution >= 0.6 is 0 Å². The molecule has 0 bridgehead atoms. The zero-order valence-electron chi connectivity index (χ0n) is 18.1. The van der Waals surface area contributed by atoms with E-state index >= 15 is 0 Å². The Morgan fingerprint density at radius 3 is 2.78 bits per heavy atom. The second-order valence-corrected chi connectivity index (χ2v) is 8.32. The Balaban J connectivity index is 1.52. The summed E-state index contributed by atoms with van der Waals surface area (Å²) in [6.07, 6.45) is 1.78. The molecule has 8 nitrogen and oxygen atoms in total. The fourth-order valence-corrected chi connectivity index (χ4v) is 3.91. The van der Waals surface area contributed by atoms with Crippen molar-refractivity contribution in [1.29, 1.82) is 0 Å². The number of aromatic nitrogens is 3. The average molecular weight is 442 g/mol. The minimum absolute atomic E-state index is 0.00880. The van der Waals surface area contributed by atoms with Crippen LogP contribution in [0.3, 0.4) is 0 Å². The van der Waals surface area contributed by atoms with E-state index in [-0.39, 0.29) is 23.8 Å². The molecular formula is C23H27FN4O4. The van der Waals surface area contributed by atoms with Gasteiger partial charge < -0.3 is 14.8 Å². The third-order valence-corrected chi connectivity index (χ3v) is 5.65. The topological polar surface area (TPSA) is 97.7 Å². The number of hydrogen-bond acceptors (Lipinski definition) is 5. The van der Waals surface area contributed by atoms with Crippen LogP contribution in [-0.2, 0) is 9.53 Å². The van der Waals surface area contributed by atoms with Gasteiger partial charge in [0.05, 0.1) is 11.7 Å². The molecule has 1 fully saturated rings. The Morgan fingerprint density at radius 2 is 2.06 bits per heavy atom. The second-order valence-electron chi connectivity index (χ2n) is 8.32. The molecule has 32 heavy (non-hydrogen) atoms. The molecule has 3 heterocycles. The number of H-pyrrole nitrogens is 1. The van der Waals surface area contributed by atoms with Gasteiger partial charge in [0.2, 0.25) is 0 Å². The highest BCUT2D eigenvalue weighted by Gasteiger charge is 2.23. The van der Waals surface area contributed by atoms with Crippen LogP contribution in [0.25, 0.3) is 5.65 Å². The van der Waals surface area contributed by atoms with Crippen LogP contribution in [-0.4, -0.2) is 40.3 Å². The van der Waals surface area contributed by atoms with Gasteiger partial charge >= 0.3 is 0 Å². The number of benzene rings is 1. The average Bonchev–Trinajstić information content (AvgIpc) is 3.22. The van der Waals surface area contributed by atoms with Crippen molar-refractivity contribution in [2.24, 2.45) is 5.92 Å².